The molecule has 0 aliphatic rings. The van der Waals surface area contributed by atoms with Crippen LogP contribution < -0.4 is 4.74 Å². The molecule has 0 spiro atoms. The Bertz CT molecular complexity index is 712. The van der Waals surface area contributed by atoms with Crippen LogP contribution in [0.5, 0.6) is 5.75 Å². The molecule has 3 aromatic rings. The Labute approximate surface area is 120 Å². The van der Waals surface area contributed by atoms with E-state index in [1.54, 1.807) is 6.20 Å². The van der Waals surface area contributed by atoms with E-state index in [9.17, 15) is 0 Å². The van der Waals surface area contributed by atoms with Gasteiger partial charge in [-0.25, -0.2) is 0 Å². The third-order valence-electron chi connectivity index (χ3n) is 2.92. The second-order valence-corrected chi connectivity index (χ2v) is 5.10. The molecule has 1 heterocycles. The van der Waals surface area contributed by atoms with E-state index in [0.29, 0.717) is 6.61 Å². The molecular formula is C16H12BrNO. The van der Waals surface area contributed by atoms with Crippen molar-refractivity contribution in [2.24, 2.45) is 0 Å². The minimum absolute atomic E-state index is 0.529. The lowest BCUT2D eigenvalue weighted by Gasteiger charge is -2.08. The molecule has 0 unspecified atom stereocenters. The van der Waals surface area contributed by atoms with Crippen LogP contribution >= 0.6 is 15.9 Å². The van der Waals surface area contributed by atoms with Crippen molar-refractivity contribution >= 4 is 26.8 Å². The number of aromatic nitrogens is 1. The number of halogens is 1. The SMILES string of the molecule is Brc1ccccc1COc1cnc2ccccc2c1. The average molecular weight is 314 g/mol. The van der Waals surface area contributed by atoms with Gasteiger partial charge in [0.25, 0.3) is 0 Å². The number of hydrogen-bond acceptors (Lipinski definition) is 2. The fourth-order valence-electron chi connectivity index (χ4n) is 1.91. The van der Waals surface area contributed by atoms with Gasteiger partial charge >= 0.3 is 0 Å². The van der Waals surface area contributed by atoms with Crippen molar-refractivity contribution in [1.29, 1.82) is 0 Å². The standard InChI is InChI=1S/C16H12BrNO/c17-15-7-3-1-6-13(15)11-19-14-9-12-5-2-4-8-16(12)18-10-14/h1-10H,11H2. The summed E-state index contributed by atoms with van der Waals surface area (Å²) in [6.07, 6.45) is 1.76. The Morgan fingerprint density at radius 1 is 1.00 bits per heavy atom. The van der Waals surface area contributed by atoms with Crippen LogP contribution in [-0.4, -0.2) is 4.98 Å². The van der Waals surface area contributed by atoms with Gasteiger partial charge in [-0.15, -0.1) is 0 Å². The fraction of sp³-hybridized carbons (Fsp3) is 0.0625. The van der Waals surface area contributed by atoms with E-state index in [0.717, 1.165) is 26.7 Å². The first-order chi connectivity index (χ1) is 9.33. The number of benzene rings is 2. The van der Waals surface area contributed by atoms with E-state index in [1.165, 1.54) is 0 Å². The molecule has 0 amide bonds. The molecule has 0 saturated heterocycles. The van der Waals surface area contributed by atoms with Crippen molar-refractivity contribution in [3.63, 3.8) is 0 Å². The first-order valence-corrected chi connectivity index (χ1v) is 6.83. The Kier molecular flexibility index (Phi) is 3.47. The molecule has 19 heavy (non-hydrogen) atoms. The predicted octanol–water partition coefficient (Wildman–Crippen LogP) is 4.58. The van der Waals surface area contributed by atoms with E-state index < -0.39 is 0 Å². The second-order valence-electron chi connectivity index (χ2n) is 4.24. The number of ether oxygens (including phenoxy) is 1. The van der Waals surface area contributed by atoms with Crippen LogP contribution in [0.4, 0.5) is 0 Å². The Morgan fingerprint density at radius 3 is 2.68 bits per heavy atom. The lowest BCUT2D eigenvalue weighted by Crippen LogP contribution is -1.96. The maximum Gasteiger partial charge on any atom is 0.138 e. The summed E-state index contributed by atoms with van der Waals surface area (Å²) in [6, 6.07) is 18.1. The highest BCUT2D eigenvalue weighted by molar-refractivity contribution is 9.10. The molecule has 94 valence electrons. The monoisotopic (exact) mass is 313 g/mol. The van der Waals surface area contributed by atoms with Crippen LogP contribution in [0, 0.1) is 0 Å². The lowest BCUT2D eigenvalue weighted by atomic mass is 10.2. The molecule has 0 atom stereocenters. The largest absolute Gasteiger partial charge is 0.487 e. The summed E-state index contributed by atoms with van der Waals surface area (Å²) in [4.78, 5) is 4.38. The molecule has 0 fully saturated rings. The molecule has 2 nitrogen and oxygen atoms in total. The molecule has 0 saturated carbocycles. The number of para-hydroxylation sites is 1. The average Bonchev–Trinajstić information content (AvgIpc) is 2.46. The molecule has 0 aliphatic carbocycles. The molecular weight excluding hydrogens is 302 g/mol. The van der Waals surface area contributed by atoms with Gasteiger partial charge in [-0.1, -0.05) is 52.3 Å². The number of pyridine rings is 1. The number of nitrogens with zero attached hydrogens (tertiary/aromatic N) is 1. The maximum absolute atomic E-state index is 5.79. The van der Waals surface area contributed by atoms with Crippen molar-refractivity contribution < 1.29 is 4.74 Å². The van der Waals surface area contributed by atoms with Gasteiger partial charge in [-0.3, -0.25) is 4.98 Å². The maximum atomic E-state index is 5.79. The van der Waals surface area contributed by atoms with E-state index in [-0.39, 0.29) is 0 Å². The van der Waals surface area contributed by atoms with Crippen LogP contribution in [0.3, 0.4) is 0 Å². The number of fused-ring (bicyclic) bond motifs is 1. The number of rotatable bonds is 3. The molecule has 2 aromatic carbocycles. The van der Waals surface area contributed by atoms with E-state index in [1.807, 2.05) is 54.6 Å². The van der Waals surface area contributed by atoms with Crippen molar-refractivity contribution in [1.82, 2.24) is 4.98 Å². The normalized spacial score (nSPS) is 10.6. The molecule has 1 aromatic heterocycles. The Balaban J connectivity index is 1.80. The molecule has 0 N–H and O–H groups in total. The van der Waals surface area contributed by atoms with Crippen LogP contribution in [0.1, 0.15) is 5.56 Å². The van der Waals surface area contributed by atoms with E-state index >= 15 is 0 Å². The summed E-state index contributed by atoms with van der Waals surface area (Å²) in [5.41, 5.74) is 2.10. The van der Waals surface area contributed by atoms with Gasteiger partial charge in [0.2, 0.25) is 0 Å². The lowest BCUT2D eigenvalue weighted by molar-refractivity contribution is 0.305. The van der Waals surface area contributed by atoms with Crippen molar-refractivity contribution in [3.05, 3.63) is 70.8 Å². The van der Waals surface area contributed by atoms with Gasteiger partial charge in [0.05, 0.1) is 11.7 Å². The van der Waals surface area contributed by atoms with Gasteiger partial charge in [0.15, 0.2) is 0 Å². The molecule has 3 rings (SSSR count). The van der Waals surface area contributed by atoms with Crippen LogP contribution in [0.25, 0.3) is 10.9 Å². The first kappa shape index (κ1) is 12.2. The van der Waals surface area contributed by atoms with Gasteiger partial charge < -0.3 is 4.74 Å². The fourth-order valence-corrected chi connectivity index (χ4v) is 2.31. The van der Waals surface area contributed by atoms with Crippen LogP contribution in [0.15, 0.2) is 65.3 Å². The minimum atomic E-state index is 0.529. The molecule has 0 bridgehead atoms. The van der Waals surface area contributed by atoms with Gasteiger partial charge in [-0.05, 0) is 18.2 Å². The highest BCUT2D eigenvalue weighted by Gasteiger charge is 2.01. The summed E-state index contributed by atoms with van der Waals surface area (Å²) in [5.74, 6) is 0.787. The van der Waals surface area contributed by atoms with Crippen LogP contribution in [0.2, 0.25) is 0 Å². The summed E-state index contributed by atoms with van der Waals surface area (Å²) >= 11 is 3.51. The van der Waals surface area contributed by atoms with Gasteiger partial charge in [-0.2, -0.15) is 0 Å². The van der Waals surface area contributed by atoms with Gasteiger partial charge in [0.1, 0.15) is 12.4 Å². The summed E-state index contributed by atoms with van der Waals surface area (Å²) in [7, 11) is 0. The van der Waals surface area contributed by atoms with Crippen molar-refractivity contribution in [2.75, 3.05) is 0 Å². The highest BCUT2D eigenvalue weighted by Crippen LogP contribution is 2.21. The summed E-state index contributed by atoms with van der Waals surface area (Å²) in [5, 5.41) is 1.09. The topological polar surface area (TPSA) is 22.1 Å². The second kappa shape index (κ2) is 5.41. The van der Waals surface area contributed by atoms with Gasteiger partial charge in [0, 0.05) is 15.4 Å². The van der Waals surface area contributed by atoms with Crippen molar-refractivity contribution in [2.45, 2.75) is 6.61 Å². The molecule has 0 aliphatic heterocycles. The van der Waals surface area contributed by atoms with E-state index in [2.05, 4.69) is 20.9 Å². The zero-order chi connectivity index (χ0) is 13.1. The van der Waals surface area contributed by atoms with Crippen molar-refractivity contribution in [3.8, 4) is 5.75 Å². The number of hydrogen-bond donors (Lipinski definition) is 0. The summed E-state index contributed by atoms with van der Waals surface area (Å²) < 4.78 is 6.85. The third-order valence-corrected chi connectivity index (χ3v) is 3.69. The first-order valence-electron chi connectivity index (χ1n) is 6.04. The quantitative estimate of drug-likeness (QED) is 0.706. The Hall–Kier alpha value is -1.87. The highest BCUT2D eigenvalue weighted by atomic mass is 79.9. The smallest absolute Gasteiger partial charge is 0.138 e. The zero-order valence-corrected chi connectivity index (χ0v) is 11.8. The minimum Gasteiger partial charge on any atom is -0.487 e. The molecule has 3 heteroatoms. The van der Waals surface area contributed by atoms with Crippen LogP contribution in [-0.2, 0) is 6.61 Å². The Morgan fingerprint density at radius 2 is 1.79 bits per heavy atom. The predicted molar refractivity (Wildman–Crippen MR) is 80.2 cm³/mol. The van der Waals surface area contributed by atoms with E-state index in [4.69, 9.17) is 4.74 Å². The summed E-state index contributed by atoms with van der Waals surface area (Å²) in [6.45, 7) is 0.529. The third kappa shape index (κ3) is 2.76. The molecule has 0 radical (unpaired) electrons. The zero-order valence-electron chi connectivity index (χ0n) is 10.2.